The zero-order valence-corrected chi connectivity index (χ0v) is 17.3. The minimum absolute atomic E-state index is 0.209. The van der Waals surface area contributed by atoms with E-state index in [-0.39, 0.29) is 17.9 Å². The number of carbonyl (C=O) groups is 1. The van der Waals surface area contributed by atoms with Gasteiger partial charge in [0.2, 0.25) is 11.8 Å². The molecule has 0 spiro atoms. The molecule has 1 aromatic heterocycles. The summed E-state index contributed by atoms with van der Waals surface area (Å²) in [4.78, 5) is 17.4. The van der Waals surface area contributed by atoms with Gasteiger partial charge in [0.15, 0.2) is 0 Å². The predicted octanol–water partition coefficient (Wildman–Crippen LogP) is 4.79. The van der Waals surface area contributed by atoms with Crippen molar-refractivity contribution in [3.63, 3.8) is 0 Å². The van der Waals surface area contributed by atoms with Gasteiger partial charge in [0.05, 0.1) is 12.1 Å². The number of nitrogens with zero attached hydrogens (tertiary/aromatic N) is 3. The molecule has 5 nitrogen and oxygen atoms in total. The van der Waals surface area contributed by atoms with E-state index in [9.17, 15) is 4.79 Å². The fourth-order valence-electron chi connectivity index (χ4n) is 3.96. The van der Waals surface area contributed by atoms with Crippen molar-refractivity contribution in [3.8, 4) is 11.3 Å². The molecule has 5 heteroatoms. The fourth-order valence-corrected chi connectivity index (χ4v) is 3.96. The number of amides is 1. The highest BCUT2D eigenvalue weighted by molar-refractivity contribution is 5.82. The Morgan fingerprint density at radius 1 is 1.25 bits per heavy atom. The maximum absolute atomic E-state index is 13.0. The van der Waals surface area contributed by atoms with Crippen LogP contribution in [0.2, 0.25) is 0 Å². The Morgan fingerprint density at radius 3 is 2.54 bits per heavy atom. The molecule has 2 aliphatic rings. The summed E-state index contributed by atoms with van der Waals surface area (Å²) in [5, 5.41) is 4.46. The van der Waals surface area contributed by atoms with E-state index < -0.39 is 0 Å². The molecule has 1 saturated carbocycles. The van der Waals surface area contributed by atoms with E-state index in [1.807, 2.05) is 0 Å². The molecule has 2 aromatic rings. The molecule has 1 saturated heterocycles. The first kappa shape index (κ1) is 19.0. The van der Waals surface area contributed by atoms with Crippen LogP contribution in [0.15, 0.2) is 28.8 Å². The highest BCUT2D eigenvalue weighted by Crippen LogP contribution is 2.37. The molecule has 0 unspecified atom stereocenters. The number of hydrogen-bond donors (Lipinski definition) is 0. The number of carbonyl (C=O) groups excluding carboxylic acids is 1. The standard InChI is InChI=1S/C23H31N3O2/c1-4-17(3)26(22(27)19-11-12-19)15-20-21(18-9-7-16(2)8-10-18)24-28-23(20)25-13-5-6-14-25/h7-10,17,19H,4-6,11-15H2,1-3H3/t17-/m1/s1. The molecule has 0 radical (unpaired) electrons. The minimum atomic E-state index is 0.209. The van der Waals surface area contributed by atoms with Crippen molar-refractivity contribution in [2.45, 2.75) is 65.5 Å². The largest absolute Gasteiger partial charge is 0.340 e. The zero-order chi connectivity index (χ0) is 19.7. The lowest BCUT2D eigenvalue weighted by Crippen LogP contribution is -2.39. The zero-order valence-electron chi connectivity index (χ0n) is 17.3. The smallest absolute Gasteiger partial charge is 0.232 e. The Morgan fingerprint density at radius 2 is 1.93 bits per heavy atom. The summed E-state index contributed by atoms with van der Waals surface area (Å²) < 4.78 is 5.87. The summed E-state index contributed by atoms with van der Waals surface area (Å²) in [7, 11) is 0. The summed E-state index contributed by atoms with van der Waals surface area (Å²) in [6, 6.07) is 8.61. The number of rotatable bonds is 7. The summed E-state index contributed by atoms with van der Waals surface area (Å²) in [6.45, 7) is 8.94. The van der Waals surface area contributed by atoms with Crippen molar-refractivity contribution in [2.24, 2.45) is 5.92 Å². The van der Waals surface area contributed by atoms with Gasteiger partial charge in [-0.2, -0.15) is 0 Å². The lowest BCUT2D eigenvalue weighted by Gasteiger charge is -2.29. The van der Waals surface area contributed by atoms with E-state index in [1.165, 1.54) is 18.4 Å². The first-order valence-corrected chi connectivity index (χ1v) is 10.7. The maximum atomic E-state index is 13.0. The van der Waals surface area contributed by atoms with Crippen molar-refractivity contribution >= 4 is 11.8 Å². The SMILES string of the molecule is CC[C@@H](C)N(Cc1c(-c2ccc(C)cc2)noc1N1CCCC1)C(=O)C1CC1. The molecule has 1 aliphatic carbocycles. The van der Waals surface area contributed by atoms with Gasteiger partial charge in [-0.05, 0) is 46.0 Å². The van der Waals surface area contributed by atoms with E-state index in [2.05, 4.69) is 60.0 Å². The molecule has 1 aliphatic heterocycles. The van der Waals surface area contributed by atoms with Gasteiger partial charge in [0.1, 0.15) is 5.69 Å². The molecule has 1 amide bonds. The second-order valence-corrected chi connectivity index (χ2v) is 8.37. The quantitative estimate of drug-likeness (QED) is 0.692. The van der Waals surface area contributed by atoms with E-state index in [0.29, 0.717) is 6.54 Å². The van der Waals surface area contributed by atoms with E-state index in [4.69, 9.17) is 4.52 Å². The maximum Gasteiger partial charge on any atom is 0.232 e. The van der Waals surface area contributed by atoms with E-state index in [0.717, 1.165) is 55.1 Å². The lowest BCUT2D eigenvalue weighted by molar-refractivity contribution is -0.135. The highest BCUT2D eigenvalue weighted by atomic mass is 16.5. The van der Waals surface area contributed by atoms with Crippen molar-refractivity contribution in [2.75, 3.05) is 18.0 Å². The van der Waals surface area contributed by atoms with Crippen LogP contribution in [0.5, 0.6) is 0 Å². The third kappa shape index (κ3) is 3.80. The molecule has 0 bridgehead atoms. The average molecular weight is 382 g/mol. The number of anilines is 1. The summed E-state index contributed by atoms with van der Waals surface area (Å²) in [6.07, 6.45) is 5.35. The van der Waals surface area contributed by atoms with Crippen LogP contribution in [0.1, 0.15) is 57.1 Å². The van der Waals surface area contributed by atoms with Crippen molar-refractivity contribution in [1.29, 1.82) is 0 Å². The third-order valence-electron chi connectivity index (χ3n) is 6.15. The van der Waals surface area contributed by atoms with Gasteiger partial charge in [0.25, 0.3) is 0 Å². The first-order chi connectivity index (χ1) is 13.6. The van der Waals surface area contributed by atoms with Crippen LogP contribution in [0, 0.1) is 12.8 Å². The number of aromatic nitrogens is 1. The Bertz CT molecular complexity index is 817. The molecule has 2 heterocycles. The first-order valence-electron chi connectivity index (χ1n) is 10.7. The van der Waals surface area contributed by atoms with Gasteiger partial charge < -0.3 is 14.3 Å². The van der Waals surface area contributed by atoms with Crippen LogP contribution < -0.4 is 4.90 Å². The Labute approximate surface area is 167 Å². The van der Waals surface area contributed by atoms with Crippen LogP contribution >= 0.6 is 0 Å². The summed E-state index contributed by atoms with van der Waals surface area (Å²) >= 11 is 0. The molecule has 28 heavy (non-hydrogen) atoms. The predicted molar refractivity (Wildman–Crippen MR) is 111 cm³/mol. The van der Waals surface area contributed by atoms with Gasteiger partial charge in [-0.15, -0.1) is 0 Å². The molecule has 150 valence electrons. The van der Waals surface area contributed by atoms with Crippen LogP contribution in [0.4, 0.5) is 5.88 Å². The van der Waals surface area contributed by atoms with Crippen LogP contribution in [0.3, 0.4) is 0 Å². The molecule has 1 atom stereocenters. The average Bonchev–Trinajstić information content (AvgIpc) is 3.25. The van der Waals surface area contributed by atoms with Gasteiger partial charge in [-0.3, -0.25) is 4.79 Å². The number of aryl methyl sites for hydroxylation is 1. The lowest BCUT2D eigenvalue weighted by atomic mass is 10.0. The topological polar surface area (TPSA) is 49.6 Å². The van der Waals surface area contributed by atoms with Crippen LogP contribution in [0.25, 0.3) is 11.3 Å². The second-order valence-electron chi connectivity index (χ2n) is 8.37. The highest BCUT2D eigenvalue weighted by Gasteiger charge is 2.36. The molecule has 1 aromatic carbocycles. The minimum Gasteiger partial charge on any atom is -0.340 e. The summed E-state index contributed by atoms with van der Waals surface area (Å²) in [5.41, 5.74) is 4.20. The van der Waals surface area contributed by atoms with Gasteiger partial charge in [-0.25, -0.2) is 0 Å². The molecular formula is C23H31N3O2. The Kier molecular flexibility index (Phi) is 5.42. The van der Waals surface area contributed by atoms with Crippen LogP contribution in [-0.2, 0) is 11.3 Å². The fraction of sp³-hybridized carbons (Fsp3) is 0.565. The van der Waals surface area contributed by atoms with Crippen molar-refractivity contribution in [1.82, 2.24) is 10.1 Å². The van der Waals surface area contributed by atoms with Gasteiger partial charge in [0, 0.05) is 30.6 Å². The van der Waals surface area contributed by atoms with Crippen molar-refractivity contribution in [3.05, 3.63) is 35.4 Å². The second kappa shape index (κ2) is 7.98. The Balaban J connectivity index is 1.72. The van der Waals surface area contributed by atoms with Crippen molar-refractivity contribution < 1.29 is 9.32 Å². The molecule has 2 fully saturated rings. The third-order valence-corrected chi connectivity index (χ3v) is 6.15. The summed E-state index contributed by atoms with van der Waals surface area (Å²) in [5.74, 6) is 1.36. The van der Waals surface area contributed by atoms with E-state index >= 15 is 0 Å². The molecular weight excluding hydrogens is 350 g/mol. The monoisotopic (exact) mass is 381 g/mol. The molecule has 4 rings (SSSR count). The number of hydrogen-bond acceptors (Lipinski definition) is 4. The Hall–Kier alpha value is -2.30. The van der Waals surface area contributed by atoms with E-state index in [1.54, 1.807) is 0 Å². The van der Waals surface area contributed by atoms with Crippen LogP contribution in [-0.4, -0.2) is 35.1 Å². The van der Waals surface area contributed by atoms with Gasteiger partial charge in [-0.1, -0.05) is 41.9 Å². The number of benzene rings is 1. The normalized spacial score (nSPS) is 17.8. The molecule has 0 N–H and O–H groups in total. The van der Waals surface area contributed by atoms with Gasteiger partial charge >= 0.3 is 0 Å².